The number of sulfonamides is 1. The van der Waals surface area contributed by atoms with Gasteiger partial charge in [0.15, 0.2) is 11.5 Å². The first-order valence-electron chi connectivity index (χ1n) is 7.14. The van der Waals surface area contributed by atoms with E-state index in [0.717, 1.165) is 19.3 Å². The van der Waals surface area contributed by atoms with Gasteiger partial charge >= 0.3 is 0 Å². The minimum Gasteiger partial charge on any atom is -0.486 e. The Morgan fingerprint density at radius 1 is 1.19 bits per heavy atom. The van der Waals surface area contributed by atoms with Crippen molar-refractivity contribution >= 4 is 10.0 Å². The minimum absolute atomic E-state index is 0.00279. The molecule has 2 N–H and O–H groups in total. The van der Waals surface area contributed by atoms with Gasteiger partial charge in [-0.1, -0.05) is 6.42 Å². The van der Waals surface area contributed by atoms with Gasteiger partial charge in [-0.2, -0.15) is 0 Å². The van der Waals surface area contributed by atoms with Crippen molar-refractivity contribution in [3.63, 3.8) is 0 Å². The first kappa shape index (κ1) is 14.6. The first-order valence-corrected chi connectivity index (χ1v) is 8.62. The number of fused-ring (bicyclic) bond motifs is 1. The highest BCUT2D eigenvalue weighted by Crippen LogP contribution is 2.32. The second kappa shape index (κ2) is 5.82. The molecule has 1 saturated carbocycles. The van der Waals surface area contributed by atoms with E-state index in [0.29, 0.717) is 24.7 Å². The van der Waals surface area contributed by atoms with E-state index in [-0.39, 0.29) is 17.4 Å². The fourth-order valence-corrected chi connectivity index (χ4v) is 3.86. The normalized spacial score (nSPS) is 25.0. The molecule has 2 atom stereocenters. The van der Waals surface area contributed by atoms with E-state index in [2.05, 4.69) is 4.72 Å². The molecule has 7 heteroatoms. The molecular formula is C14H19NO5S. The van der Waals surface area contributed by atoms with Crippen LogP contribution in [0, 0.1) is 5.92 Å². The zero-order chi connectivity index (χ0) is 14.9. The summed E-state index contributed by atoms with van der Waals surface area (Å²) in [7, 11) is -3.60. The Labute approximate surface area is 124 Å². The van der Waals surface area contributed by atoms with Crippen LogP contribution in [-0.4, -0.2) is 39.4 Å². The number of hydrogen-bond donors (Lipinski definition) is 2. The van der Waals surface area contributed by atoms with Gasteiger partial charge < -0.3 is 14.6 Å². The van der Waals surface area contributed by atoms with Gasteiger partial charge in [0, 0.05) is 12.6 Å². The van der Waals surface area contributed by atoms with Crippen LogP contribution in [0.2, 0.25) is 0 Å². The molecule has 0 aromatic heterocycles. The lowest BCUT2D eigenvalue weighted by molar-refractivity contribution is 0.134. The van der Waals surface area contributed by atoms with Crippen molar-refractivity contribution in [1.82, 2.24) is 4.72 Å². The summed E-state index contributed by atoms with van der Waals surface area (Å²) in [5, 5.41) is 9.74. The highest BCUT2D eigenvalue weighted by Gasteiger charge is 2.27. The van der Waals surface area contributed by atoms with Crippen molar-refractivity contribution in [3.8, 4) is 11.5 Å². The molecule has 116 valence electrons. The molecule has 1 aromatic carbocycles. The Hall–Kier alpha value is -1.31. The van der Waals surface area contributed by atoms with Crippen LogP contribution in [-0.2, 0) is 10.0 Å². The van der Waals surface area contributed by atoms with Crippen LogP contribution in [0.4, 0.5) is 0 Å². The second-order valence-electron chi connectivity index (χ2n) is 5.42. The van der Waals surface area contributed by atoms with E-state index in [1.165, 1.54) is 12.1 Å². The highest BCUT2D eigenvalue weighted by molar-refractivity contribution is 7.89. The molecule has 2 unspecified atom stereocenters. The maximum absolute atomic E-state index is 12.3. The zero-order valence-electron chi connectivity index (χ0n) is 11.6. The zero-order valence-corrected chi connectivity index (χ0v) is 12.4. The van der Waals surface area contributed by atoms with E-state index in [9.17, 15) is 13.5 Å². The number of nitrogens with one attached hydrogen (secondary N) is 1. The summed E-state index contributed by atoms with van der Waals surface area (Å²) in [6.45, 7) is 1.15. The summed E-state index contributed by atoms with van der Waals surface area (Å²) in [6.07, 6.45) is 2.13. The van der Waals surface area contributed by atoms with Gasteiger partial charge in [-0.05, 0) is 30.9 Å². The molecule has 3 rings (SSSR count). The summed E-state index contributed by atoms with van der Waals surface area (Å²) in [5.41, 5.74) is 0. The Morgan fingerprint density at radius 2 is 1.95 bits per heavy atom. The average molecular weight is 313 g/mol. The van der Waals surface area contributed by atoms with Crippen LogP contribution in [0.3, 0.4) is 0 Å². The molecule has 1 heterocycles. The number of rotatable bonds is 4. The van der Waals surface area contributed by atoms with Gasteiger partial charge in [0.1, 0.15) is 13.2 Å². The number of hydrogen-bond acceptors (Lipinski definition) is 5. The predicted molar refractivity (Wildman–Crippen MR) is 76.0 cm³/mol. The highest BCUT2D eigenvalue weighted by atomic mass is 32.2. The molecule has 1 fully saturated rings. The van der Waals surface area contributed by atoms with Crippen molar-refractivity contribution < 1.29 is 23.0 Å². The van der Waals surface area contributed by atoms with Gasteiger partial charge in [-0.3, -0.25) is 0 Å². The summed E-state index contributed by atoms with van der Waals surface area (Å²) in [4.78, 5) is 0.152. The Kier molecular flexibility index (Phi) is 4.05. The number of ether oxygens (including phenoxy) is 2. The molecule has 0 bridgehead atoms. The van der Waals surface area contributed by atoms with Gasteiger partial charge in [-0.25, -0.2) is 13.1 Å². The van der Waals surface area contributed by atoms with E-state index >= 15 is 0 Å². The molecule has 2 aliphatic rings. The van der Waals surface area contributed by atoms with Crippen LogP contribution >= 0.6 is 0 Å². The third-order valence-electron chi connectivity index (χ3n) is 3.98. The molecule has 1 aliphatic heterocycles. The minimum atomic E-state index is -3.60. The summed E-state index contributed by atoms with van der Waals surface area (Å²) >= 11 is 0. The molecule has 0 radical (unpaired) electrons. The SMILES string of the molecule is O=S(=O)(NCC1CCCC1O)c1ccc2c(c1)OCCO2. The fraction of sp³-hybridized carbons (Fsp3) is 0.571. The van der Waals surface area contributed by atoms with Crippen LogP contribution < -0.4 is 14.2 Å². The monoisotopic (exact) mass is 313 g/mol. The molecule has 0 spiro atoms. The molecule has 21 heavy (non-hydrogen) atoms. The Balaban J connectivity index is 1.72. The lowest BCUT2D eigenvalue weighted by atomic mass is 10.1. The summed E-state index contributed by atoms with van der Waals surface area (Å²) in [6, 6.07) is 4.58. The van der Waals surface area contributed by atoms with Crippen LogP contribution in [0.5, 0.6) is 11.5 Å². The van der Waals surface area contributed by atoms with Crippen molar-refractivity contribution in [3.05, 3.63) is 18.2 Å². The van der Waals surface area contributed by atoms with E-state index in [1.807, 2.05) is 0 Å². The molecule has 1 aliphatic carbocycles. The van der Waals surface area contributed by atoms with Crippen molar-refractivity contribution in [2.45, 2.75) is 30.3 Å². The van der Waals surface area contributed by atoms with Crippen LogP contribution in [0.1, 0.15) is 19.3 Å². The number of aliphatic hydroxyl groups is 1. The predicted octanol–water partition coefficient (Wildman–Crippen LogP) is 0.897. The van der Waals surface area contributed by atoms with Gasteiger partial charge in [0.25, 0.3) is 0 Å². The van der Waals surface area contributed by atoms with Gasteiger partial charge in [0.2, 0.25) is 10.0 Å². The van der Waals surface area contributed by atoms with Crippen LogP contribution in [0.25, 0.3) is 0 Å². The summed E-state index contributed by atoms with van der Waals surface area (Å²) < 4.78 is 37.9. The Bertz CT molecular complexity index is 616. The molecule has 0 saturated heterocycles. The van der Waals surface area contributed by atoms with Crippen molar-refractivity contribution in [2.24, 2.45) is 5.92 Å². The second-order valence-corrected chi connectivity index (χ2v) is 7.18. The fourth-order valence-electron chi connectivity index (χ4n) is 2.75. The third kappa shape index (κ3) is 3.14. The van der Waals surface area contributed by atoms with Crippen molar-refractivity contribution in [2.75, 3.05) is 19.8 Å². The van der Waals surface area contributed by atoms with E-state index < -0.39 is 16.1 Å². The maximum Gasteiger partial charge on any atom is 0.240 e. The lowest BCUT2D eigenvalue weighted by Gasteiger charge is -2.19. The molecule has 6 nitrogen and oxygen atoms in total. The third-order valence-corrected chi connectivity index (χ3v) is 5.40. The van der Waals surface area contributed by atoms with E-state index in [1.54, 1.807) is 6.07 Å². The standard InChI is InChI=1S/C14H19NO5S/c16-12-3-1-2-10(12)9-15-21(17,18)11-4-5-13-14(8-11)20-7-6-19-13/h4-5,8,10,12,15-16H,1-3,6-7,9H2. The van der Waals surface area contributed by atoms with Gasteiger partial charge in [0.05, 0.1) is 11.0 Å². The number of benzene rings is 1. The smallest absolute Gasteiger partial charge is 0.240 e. The topological polar surface area (TPSA) is 84.9 Å². The first-order chi connectivity index (χ1) is 10.1. The Morgan fingerprint density at radius 3 is 2.67 bits per heavy atom. The number of aliphatic hydroxyl groups excluding tert-OH is 1. The van der Waals surface area contributed by atoms with E-state index in [4.69, 9.17) is 9.47 Å². The molecule has 1 aromatic rings. The van der Waals surface area contributed by atoms with Gasteiger partial charge in [-0.15, -0.1) is 0 Å². The molecule has 0 amide bonds. The quantitative estimate of drug-likeness (QED) is 0.862. The largest absolute Gasteiger partial charge is 0.486 e. The van der Waals surface area contributed by atoms with Crippen LogP contribution in [0.15, 0.2) is 23.1 Å². The molecular weight excluding hydrogens is 294 g/mol. The lowest BCUT2D eigenvalue weighted by Crippen LogP contribution is -2.32. The average Bonchev–Trinajstić information content (AvgIpc) is 2.90. The maximum atomic E-state index is 12.3. The summed E-state index contributed by atoms with van der Waals surface area (Å²) in [5.74, 6) is 1.01. The van der Waals surface area contributed by atoms with Crippen molar-refractivity contribution in [1.29, 1.82) is 0 Å².